The maximum Gasteiger partial charge on any atom is 0.216 e. The molecule has 1 unspecified atom stereocenters. The van der Waals surface area contributed by atoms with Gasteiger partial charge in [0.1, 0.15) is 0 Å². The van der Waals surface area contributed by atoms with Crippen molar-refractivity contribution in [3.8, 4) is 0 Å². The molecule has 1 aromatic rings. The summed E-state index contributed by atoms with van der Waals surface area (Å²) in [5, 5.41) is 0. The van der Waals surface area contributed by atoms with Crippen molar-refractivity contribution >= 4 is 15.7 Å². The van der Waals surface area contributed by atoms with Crippen molar-refractivity contribution in [3.05, 3.63) is 29.8 Å². The van der Waals surface area contributed by atoms with Crippen LogP contribution in [0.3, 0.4) is 0 Å². The van der Waals surface area contributed by atoms with Gasteiger partial charge in [-0.25, -0.2) is 13.1 Å². The summed E-state index contributed by atoms with van der Waals surface area (Å²) >= 11 is 0. The Morgan fingerprint density at radius 3 is 2.47 bits per heavy atom. The Hall–Kier alpha value is -1.07. The van der Waals surface area contributed by atoms with E-state index in [-0.39, 0.29) is 17.2 Å². The molecule has 0 saturated heterocycles. The molecule has 0 aromatic heterocycles. The molecule has 1 saturated carbocycles. The number of rotatable bonds is 4. The molecule has 106 valence electrons. The third-order valence-corrected chi connectivity index (χ3v) is 5.27. The lowest BCUT2D eigenvalue weighted by molar-refractivity contribution is 0.313. The lowest BCUT2D eigenvalue weighted by Gasteiger charge is -2.27. The molecule has 19 heavy (non-hydrogen) atoms. The van der Waals surface area contributed by atoms with E-state index < -0.39 is 10.0 Å². The minimum atomic E-state index is -3.29. The zero-order chi connectivity index (χ0) is 14.1. The average molecular weight is 282 g/mol. The molecule has 1 aliphatic carbocycles. The Morgan fingerprint density at radius 1 is 1.32 bits per heavy atom. The first kappa shape index (κ1) is 14.3. The van der Waals surface area contributed by atoms with E-state index in [1.807, 2.05) is 0 Å². The van der Waals surface area contributed by atoms with E-state index in [1.165, 1.54) is 0 Å². The Labute approximate surface area is 115 Å². The highest BCUT2D eigenvalue weighted by atomic mass is 32.2. The normalized spacial score (nSPS) is 22.5. The predicted molar refractivity (Wildman–Crippen MR) is 78.0 cm³/mol. The van der Waals surface area contributed by atoms with E-state index in [9.17, 15) is 8.42 Å². The van der Waals surface area contributed by atoms with Crippen LogP contribution < -0.4 is 10.5 Å². The van der Waals surface area contributed by atoms with Crippen LogP contribution >= 0.6 is 0 Å². The van der Waals surface area contributed by atoms with Crippen LogP contribution in [0, 0.1) is 5.41 Å². The fourth-order valence-electron chi connectivity index (χ4n) is 2.64. The maximum atomic E-state index is 12.2. The van der Waals surface area contributed by atoms with Crippen LogP contribution in [0.2, 0.25) is 0 Å². The Balaban J connectivity index is 2.05. The van der Waals surface area contributed by atoms with Gasteiger partial charge in [0.2, 0.25) is 10.0 Å². The number of benzene rings is 1. The summed E-state index contributed by atoms with van der Waals surface area (Å²) in [6.07, 6.45) is 3.08. The standard InChI is InChI=1S/C14H22N2O2S/c1-14(2)9-3-4-13(14)16-19(17,18)10-11-5-7-12(15)8-6-11/h5-8,13,16H,3-4,9-10,15H2,1-2H3. The monoisotopic (exact) mass is 282 g/mol. The summed E-state index contributed by atoms with van der Waals surface area (Å²) in [7, 11) is -3.29. The summed E-state index contributed by atoms with van der Waals surface area (Å²) in [5.41, 5.74) is 7.05. The van der Waals surface area contributed by atoms with E-state index in [1.54, 1.807) is 24.3 Å². The van der Waals surface area contributed by atoms with Crippen LogP contribution in [0.5, 0.6) is 0 Å². The maximum absolute atomic E-state index is 12.2. The van der Waals surface area contributed by atoms with Crippen molar-refractivity contribution in [2.24, 2.45) is 5.41 Å². The predicted octanol–water partition coefficient (Wildman–Crippen LogP) is 2.27. The first-order valence-corrected chi connectivity index (χ1v) is 8.28. The number of nitrogen functional groups attached to an aromatic ring is 1. The van der Waals surface area contributed by atoms with Crippen LogP contribution in [-0.4, -0.2) is 14.5 Å². The molecule has 1 atom stereocenters. The van der Waals surface area contributed by atoms with Gasteiger partial charge < -0.3 is 5.73 Å². The van der Waals surface area contributed by atoms with Crippen molar-refractivity contribution < 1.29 is 8.42 Å². The second-order valence-electron chi connectivity index (χ2n) is 6.05. The molecule has 0 amide bonds. The first-order chi connectivity index (χ1) is 8.78. The molecule has 0 spiro atoms. The van der Waals surface area contributed by atoms with Gasteiger partial charge in [-0.3, -0.25) is 0 Å². The summed E-state index contributed by atoms with van der Waals surface area (Å²) in [4.78, 5) is 0. The molecule has 0 radical (unpaired) electrons. The van der Waals surface area contributed by atoms with Gasteiger partial charge >= 0.3 is 0 Å². The van der Waals surface area contributed by atoms with E-state index >= 15 is 0 Å². The van der Waals surface area contributed by atoms with Crippen LogP contribution in [0.1, 0.15) is 38.7 Å². The highest BCUT2D eigenvalue weighted by molar-refractivity contribution is 7.88. The molecule has 3 N–H and O–H groups in total. The number of nitrogens with one attached hydrogen (secondary N) is 1. The Kier molecular flexibility index (Phi) is 3.87. The van der Waals surface area contributed by atoms with Crippen LogP contribution in [0.15, 0.2) is 24.3 Å². The van der Waals surface area contributed by atoms with Gasteiger partial charge in [0.05, 0.1) is 5.75 Å². The van der Waals surface area contributed by atoms with Gasteiger partial charge in [0.15, 0.2) is 0 Å². The topological polar surface area (TPSA) is 72.2 Å². The van der Waals surface area contributed by atoms with E-state index in [2.05, 4.69) is 18.6 Å². The van der Waals surface area contributed by atoms with Gasteiger partial charge in [0, 0.05) is 11.7 Å². The van der Waals surface area contributed by atoms with E-state index in [4.69, 9.17) is 5.73 Å². The first-order valence-electron chi connectivity index (χ1n) is 6.63. The number of hydrogen-bond donors (Lipinski definition) is 2. The van der Waals surface area contributed by atoms with Crippen molar-refractivity contribution in [2.75, 3.05) is 5.73 Å². The van der Waals surface area contributed by atoms with E-state index in [0.717, 1.165) is 24.8 Å². The van der Waals surface area contributed by atoms with Crippen molar-refractivity contribution in [2.45, 2.75) is 44.9 Å². The molecule has 1 aliphatic rings. The molecule has 0 bridgehead atoms. The summed E-state index contributed by atoms with van der Waals surface area (Å²) in [5.74, 6) is 0.0137. The minimum absolute atomic E-state index is 0.0137. The molecule has 0 aliphatic heterocycles. The third kappa shape index (κ3) is 3.70. The number of anilines is 1. The molecule has 1 fully saturated rings. The van der Waals surface area contributed by atoms with Crippen LogP contribution in [0.4, 0.5) is 5.69 Å². The summed E-state index contributed by atoms with van der Waals surface area (Å²) in [6, 6.07) is 7.02. The van der Waals surface area contributed by atoms with Gasteiger partial charge in [-0.2, -0.15) is 0 Å². The highest BCUT2D eigenvalue weighted by Gasteiger charge is 2.36. The molecule has 4 nitrogen and oxygen atoms in total. The average Bonchev–Trinajstić information content (AvgIpc) is 2.61. The molecule has 1 aromatic carbocycles. The molecule has 0 heterocycles. The van der Waals surface area contributed by atoms with Gasteiger partial charge in [-0.15, -0.1) is 0 Å². The number of hydrogen-bond acceptors (Lipinski definition) is 3. The molecule has 5 heteroatoms. The Bertz CT molecular complexity index is 535. The van der Waals surface area contributed by atoms with Gasteiger partial charge in [-0.05, 0) is 36.0 Å². The summed E-state index contributed by atoms with van der Waals surface area (Å²) in [6.45, 7) is 4.24. The van der Waals surface area contributed by atoms with Crippen LogP contribution in [0.25, 0.3) is 0 Å². The smallest absolute Gasteiger partial charge is 0.216 e. The second-order valence-corrected chi connectivity index (χ2v) is 7.81. The molecular formula is C14H22N2O2S. The molecule has 2 rings (SSSR count). The second kappa shape index (κ2) is 5.13. The number of sulfonamides is 1. The quantitative estimate of drug-likeness (QED) is 0.832. The third-order valence-electron chi connectivity index (χ3n) is 3.92. The van der Waals surface area contributed by atoms with Gasteiger partial charge in [0.25, 0.3) is 0 Å². The van der Waals surface area contributed by atoms with Crippen molar-refractivity contribution in [1.29, 1.82) is 0 Å². The van der Waals surface area contributed by atoms with Crippen LogP contribution in [-0.2, 0) is 15.8 Å². The van der Waals surface area contributed by atoms with E-state index in [0.29, 0.717) is 5.69 Å². The Morgan fingerprint density at radius 2 is 1.95 bits per heavy atom. The minimum Gasteiger partial charge on any atom is -0.399 e. The molecular weight excluding hydrogens is 260 g/mol. The summed E-state index contributed by atoms with van der Waals surface area (Å²) < 4.78 is 27.2. The fourth-order valence-corrected chi connectivity index (χ4v) is 4.22. The van der Waals surface area contributed by atoms with Gasteiger partial charge in [-0.1, -0.05) is 32.4 Å². The number of nitrogens with two attached hydrogens (primary N) is 1. The van der Waals surface area contributed by atoms with Crippen molar-refractivity contribution in [1.82, 2.24) is 4.72 Å². The largest absolute Gasteiger partial charge is 0.399 e. The fraction of sp³-hybridized carbons (Fsp3) is 0.571. The zero-order valence-corrected chi connectivity index (χ0v) is 12.3. The SMILES string of the molecule is CC1(C)CCCC1NS(=O)(=O)Cc1ccc(N)cc1. The van der Waals surface area contributed by atoms with Crippen molar-refractivity contribution in [3.63, 3.8) is 0 Å². The lowest BCUT2D eigenvalue weighted by Crippen LogP contribution is -2.41. The lowest BCUT2D eigenvalue weighted by atomic mass is 9.88. The zero-order valence-electron chi connectivity index (χ0n) is 11.5. The highest BCUT2D eigenvalue weighted by Crippen LogP contribution is 2.37.